The average molecular weight is 473 g/mol. The zero-order valence-electron chi connectivity index (χ0n) is 16.2. The standard InChI is InChI=1S/C24H17BrN4O2/c25-19-10-11-21(27-15-19)29-24(31)18-6-2-8-20(14-18)28-22(30)12-9-17-5-1-4-16-7-3-13-26-23(16)17/h1-15H,(H,28,30)(H,27,29,31)/b12-9+. The molecule has 4 aromatic rings. The van der Waals surface area contributed by atoms with E-state index in [0.717, 1.165) is 20.9 Å². The second-order valence-electron chi connectivity index (χ2n) is 6.64. The number of nitrogens with zero attached hydrogens (tertiary/aromatic N) is 2. The van der Waals surface area contributed by atoms with Crippen LogP contribution in [0.15, 0.2) is 89.7 Å². The van der Waals surface area contributed by atoms with Crippen LogP contribution in [0.4, 0.5) is 11.5 Å². The second-order valence-corrected chi connectivity index (χ2v) is 7.56. The Morgan fingerprint density at radius 3 is 2.58 bits per heavy atom. The molecule has 0 saturated heterocycles. The SMILES string of the molecule is O=C(/C=C/c1cccc2cccnc12)Nc1cccc(C(=O)Nc2ccc(Br)cn2)c1. The Morgan fingerprint density at radius 1 is 0.903 bits per heavy atom. The normalized spacial score (nSPS) is 10.9. The highest BCUT2D eigenvalue weighted by molar-refractivity contribution is 9.10. The van der Waals surface area contributed by atoms with Crippen LogP contribution in [0.3, 0.4) is 0 Å². The van der Waals surface area contributed by atoms with Crippen LogP contribution >= 0.6 is 15.9 Å². The number of halogens is 1. The number of anilines is 2. The van der Waals surface area contributed by atoms with Crippen molar-refractivity contribution >= 4 is 56.2 Å². The summed E-state index contributed by atoms with van der Waals surface area (Å²) < 4.78 is 0.822. The molecule has 2 aromatic heterocycles. The highest BCUT2D eigenvalue weighted by Gasteiger charge is 2.08. The summed E-state index contributed by atoms with van der Waals surface area (Å²) in [6.07, 6.45) is 6.49. The fraction of sp³-hybridized carbons (Fsp3) is 0. The molecule has 2 aromatic carbocycles. The van der Waals surface area contributed by atoms with Gasteiger partial charge in [0, 0.05) is 45.1 Å². The summed E-state index contributed by atoms with van der Waals surface area (Å²) in [6.45, 7) is 0. The van der Waals surface area contributed by atoms with Crippen LogP contribution in [0.25, 0.3) is 17.0 Å². The highest BCUT2D eigenvalue weighted by Crippen LogP contribution is 2.18. The quantitative estimate of drug-likeness (QED) is 0.386. The lowest BCUT2D eigenvalue weighted by atomic mass is 10.1. The summed E-state index contributed by atoms with van der Waals surface area (Å²) in [5.41, 5.74) is 2.60. The van der Waals surface area contributed by atoms with Crippen molar-refractivity contribution in [2.24, 2.45) is 0 Å². The Kier molecular flexibility index (Phi) is 6.14. The van der Waals surface area contributed by atoms with Gasteiger partial charge in [0.05, 0.1) is 5.52 Å². The summed E-state index contributed by atoms with van der Waals surface area (Å²) in [7, 11) is 0. The Balaban J connectivity index is 1.44. The number of rotatable bonds is 5. The predicted octanol–water partition coefficient (Wildman–Crippen LogP) is 5.30. The van der Waals surface area contributed by atoms with E-state index >= 15 is 0 Å². The van der Waals surface area contributed by atoms with E-state index < -0.39 is 0 Å². The van der Waals surface area contributed by atoms with Gasteiger partial charge >= 0.3 is 0 Å². The van der Waals surface area contributed by atoms with Crippen LogP contribution < -0.4 is 10.6 Å². The minimum absolute atomic E-state index is 0.305. The number of nitrogens with one attached hydrogen (secondary N) is 2. The van der Waals surface area contributed by atoms with Gasteiger partial charge in [0.2, 0.25) is 5.91 Å². The smallest absolute Gasteiger partial charge is 0.256 e. The molecule has 0 aliphatic rings. The number of hydrogen-bond donors (Lipinski definition) is 2. The number of carbonyl (C=O) groups excluding carboxylic acids is 2. The van der Waals surface area contributed by atoms with E-state index in [1.54, 1.807) is 54.9 Å². The van der Waals surface area contributed by atoms with Gasteiger partial charge in [0.25, 0.3) is 5.91 Å². The fourth-order valence-electron chi connectivity index (χ4n) is 2.99. The zero-order valence-corrected chi connectivity index (χ0v) is 17.8. The molecule has 0 fully saturated rings. The van der Waals surface area contributed by atoms with E-state index in [1.165, 1.54) is 6.08 Å². The second kappa shape index (κ2) is 9.32. The van der Waals surface area contributed by atoms with Crippen LogP contribution in [-0.2, 0) is 4.79 Å². The molecular weight excluding hydrogens is 456 g/mol. The number of aromatic nitrogens is 2. The molecule has 0 saturated carbocycles. The number of pyridine rings is 2. The van der Waals surface area contributed by atoms with Crippen molar-refractivity contribution < 1.29 is 9.59 Å². The maximum atomic E-state index is 12.5. The van der Waals surface area contributed by atoms with E-state index in [-0.39, 0.29) is 11.8 Å². The minimum atomic E-state index is -0.316. The monoisotopic (exact) mass is 472 g/mol. The lowest BCUT2D eigenvalue weighted by Crippen LogP contribution is -2.14. The molecule has 31 heavy (non-hydrogen) atoms. The molecule has 6 nitrogen and oxygen atoms in total. The number of amides is 2. The average Bonchev–Trinajstić information content (AvgIpc) is 2.79. The summed E-state index contributed by atoms with van der Waals surface area (Å²) in [5.74, 6) is -0.183. The van der Waals surface area contributed by atoms with Crippen molar-refractivity contribution in [2.75, 3.05) is 10.6 Å². The van der Waals surface area contributed by atoms with Crippen LogP contribution in [0.2, 0.25) is 0 Å². The highest BCUT2D eigenvalue weighted by atomic mass is 79.9. The third kappa shape index (κ3) is 5.21. The first-order valence-electron chi connectivity index (χ1n) is 9.44. The van der Waals surface area contributed by atoms with Crippen molar-refractivity contribution in [2.45, 2.75) is 0 Å². The Hall–Kier alpha value is -3.84. The summed E-state index contributed by atoms with van der Waals surface area (Å²) in [6, 6.07) is 19.8. The zero-order chi connectivity index (χ0) is 21.6. The van der Waals surface area contributed by atoms with E-state index in [2.05, 4.69) is 36.5 Å². The lowest BCUT2D eigenvalue weighted by molar-refractivity contribution is -0.111. The first-order valence-corrected chi connectivity index (χ1v) is 10.2. The van der Waals surface area contributed by atoms with Crippen molar-refractivity contribution in [1.82, 2.24) is 9.97 Å². The first kappa shape index (κ1) is 20.4. The molecule has 2 amide bonds. The third-order valence-electron chi connectivity index (χ3n) is 4.44. The van der Waals surface area contributed by atoms with Gasteiger partial charge in [0.1, 0.15) is 5.82 Å². The molecule has 0 aliphatic heterocycles. The van der Waals surface area contributed by atoms with Gasteiger partial charge in [-0.05, 0) is 58.4 Å². The summed E-state index contributed by atoms with van der Waals surface area (Å²) in [5, 5.41) is 6.51. The van der Waals surface area contributed by atoms with Crippen LogP contribution in [0.5, 0.6) is 0 Å². The molecule has 0 unspecified atom stereocenters. The van der Waals surface area contributed by atoms with Gasteiger partial charge in [-0.3, -0.25) is 14.6 Å². The Labute approximate surface area is 187 Å². The first-order chi connectivity index (χ1) is 15.1. The molecule has 2 N–H and O–H groups in total. The van der Waals surface area contributed by atoms with Crippen molar-refractivity contribution in [3.05, 3.63) is 101 Å². The molecule has 0 bridgehead atoms. The summed E-state index contributed by atoms with van der Waals surface area (Å²) in [4.78, 5) is 33.4. The predicted molar refractivity (Wildman–Crippen MR) is 126 cm³/mol. The molecule has 2 heterocycles. The van der Waals surface area contributed by atoms with Gasteiger partial charge in [-0.15, -0.1) is 0 Å². The maximum Gasteiger partial charge on any atom is 0.256 e. The molecule has 0 spiro atoms. The number of carbonyl (C=O) groups is 2. The van der Waals surface area contributed by atoms with Gasteiger partial charge < -0.3 is 10.6 Å². The molecule has 4 rings (SSSR count). The molecule has 152 valence electrons. The van der Waals surface area contributed by atoms with E-state index in [4.69, 9.17) is 0 Å². The van der Waals surface area contributed by atoms with E-state index in [0.29, 0.717) is 17.1 Å². The fourth-order valence-corrected chi connectivity index (χ4v) is 3.22. The maximum absolute atomic E-state index is 12.5. The minimum Gasteiger partial charge on any atom is -0.322 e. The lowest BCUT2D eigenvalue weighted by Gasteiger charge is -2.07. The number of hydrogen-bond acceptors (Lipinski definition) is 4. The van der Waals surface area contributed by atoms with Gasteiger partial charge in [-0.25, -0.2) is 4.98 Å². The molecule has 0 aliphatic carbocycles. The molecule has 7 heteroatoms. The van der Waals surface area contributed by atoms with Crippen LogP contribution in [0, 0.1) is 0 Å². The van der Waals surface area contributed by atoms with Crippen molar-refractivity contribution in [1.29, 1.82) is 0 Å². The van der Waals surface area contributed by atoms with Gasteiger partial charge in [0.15, 0.2) is 0 Å². The molecule has 0 atom stereocenters. The van der Waals surface area contributed by atoms with E-state index in [1.807, 2.05) is 30.3 Å². The molecular formula is C24H17BrN4O2. The van der Waals surface area contributed by atoms with Crippen LogP contribution in [0.1, 0.15) is 15.9 Å². The number of benzene rings is 2. The van der Waals surface area contributed by atoms with E-state index in [9.17, 15) is 9.59 Å². The Morgan fingerprint density at radius 2 is 1.74 bits per heavy atom. The van der Waals surface area contributed by atoms with Gasteiger partial charge in [-0.2, -0.15) is 0 Å². The van der Waals surface area contributed by atoms with Crippen LogP contribution in [-0.4, -0.2) is 21.8 Å². The largest absolute Gasteiger partial charge is 0.322 e. The Bertz CT molecular complexity index is 1280. The van der Waals surface area contributed by atoms with Gasteiger partial charge in [-0.1, -0.05) is 30.3 Å². The van der Waals surface area contributed by atoms with Crippen molar-refractivity contribution in [3.8, 4) is 0 Å². The molecule has 0 radical (unpaired) electrons. The number of para-hydroxylation sites is 1. The number of fused-ring (bicyclic) bond motifs is 1. The van der Waals surface area contributed by atoms with Crippen molar-refractivity contribution in [3.63, 3.8) is 0 Å². The topological polar surface area (TPSA) is 84.0 Å². The summed E-state index contributed by atoms with van der Waals surface area (Å²) >= 11 is 3.30. The third-order valence-corrected chi connectivity index (χ3v) is 4.91.